The van der Waals surface area contributed by atoms with Crippen LogP contribution in [0.5, 0.6) is 0 Å². The van der Waals surface area contributed by atoms with Gasteiger partial charge in [-0.2, -0.15) is 5.10 Å². The Morgan fingerprint density at radius 1 is 1.26 bits per heavy atom. The number of benzene rings is 1. The molecule has 3 heterocycles. The van der Waals surface area contributed by atoms with Gasteiger partial charge in [0.15, 0.2) is 5.82 Å². The van der Waals surface area contributed by atoms with Crippen molar-refractivity contribution in [3.63, 3.8) is 0 Å². The van der Waals surface area contributed by atoms with Gasteiger partial charge in [-0.15, -0.1) is 0 Å². The van der Waals surface area contributed by atoms with E-state index >= 15 is 0 Å². The number of rotatable bonds is 5. The molecule has 1 aromatic heterocycles. The number of hydrogen-bond donors (Lipinski definition) is 1. The van der Waals surface area contributed by atoms with Crippen LogP contribution < -0.4 is 5.32 Å². The van der Waals surface area contributed by atoms with E-state index in [0.717, 1.165) is 43.0 Å². The summed E-state index contributed by atoms with van der Waals surface area (Å²) in [5.41, 5.74) is 1.99. The number of piperidine rings is 1. The van der Waals surface area contributed by atoms with E-state index < -0.39 is 0 Å². The number of aromatic nitrogens is 3. The molecule has 1 atom stereocenters. The van der Waals surface area contributed by atoms with E-state index in [4.69, 9.17) is 14.8 Å². The molecule has 2 aromatic rings. The van der Waals surface area contributed by atoms with Gasteiger partial charge in [-0.25, -0.2) is 9.67 Å². The molecule has 7 heteroatoms. The van der Waals surface area contributed by atoms with E-state index in [-0.39, 0.29) is 11.8 Å². The van der Waals surface area contributed by atoms with Crippen LogP contribution in [0.25, 0.3) is 0 Å². The average molecular weight is 369 g/mol. The van der Waals surface area contributed by atoms with Gasteiger partial charge in [0.1, 0.15) is 12.4 Å². The van der Waals surface area contributed by atoms with Gasteiger partial charge in [0, 0.05) is 18.7 Å². The zero-order valence-corrected chi connectivity index (χ0v) is 16.0. The minimum atomic E-state index is -0.0718. The summed E-state index contributed by atoms with van der Waals surface area (Å²) in [7, 11) is 2.15. The van der Waals surface area contributed by atoms with Crippen LogP contribution >= 0.6 is 0 Å². The lowest BCUT2D eigenvalue weighted by atomic mass is 9.89. The first-order valence-corrected chi connectivity index (χ1v) is 9.76. The number of hydrogen-bond acceptors (Lipinski definition) is 5. The second-order valence-corrected chi connectivity index (χ2v) is 7.39. The van der Waals surface area contributed by atoms with Crippen LogP contribution in [0.15, 0.2) is 24.3 Å². The first kappa shape index (κ1) is 18.1. The molecule has 0 aliphatic carbocycles. The standard InChI is InChI=1S/C20H27N5O2/c1-3-27-13-18-22-20(25(23-18)14-8-10-24(2)11-9-14)16-12-19(26)21-17-7-5-4-6-15(16)17/h4-7,14,16H,3,8-13H2,1-2H3,(H,21,26)/t16-/m0/s1. The lowest BCUT2D eigenvalue weighted by Crippen LogP contribution is -2.33. The fourth-order valence-corrected chi connectivity index (χ4v) is 4.02. The molecular formula is C20H27N5O2. The minimum Gasteiger partial charge on any atom is -0.374 e. The van der Waals surface area contributed by atoms with Gasteiger partial charge >= 0.3 is 0 Å². The third kappa shape index (κ3) is 3.75. The molecule has 27 heavy (non-hydrogen) atoms. The Kier molecular flexibility index (Phi) is 5.22. The second-order valence-electron chi connectivity index (χ2n) is 7.39. The molecule has 144 valence electrons. The fraction of sp³-hybridized carbons (Fsp3) is 0.550. The van der Waals surface area contributed by atoms with Crippen molar-refractivity contribution in [2.24, 2.45) is 0 Å². The van der Waals surface area contributed by atoms with Crippen molar-refractivity contribution in [1.82, 2.24) is 19.7 Å². The molecule has 1 N–H and O–H groups in total. The van der Waals surface area contributed by atoms with Gasteiger partial charge in [0.05, 0.1) is 12.0 Å². The van der Waals surface area contributed by atoms with E-state index in [0.29, 0.717) is 31.5 Å². The molecule has 0 saturated carbocycles. The summed E-state index contributed by atoms with van der Waals surface area (Å²) >= 11 is 0. The Hall–Kier alpha value is -2.25. The van der Waals surface area contributed by atoms with Crippen LogP contribution in [0, 0.1) is 0 Å². The number of para-hydroxylation sites is 1. The fourth-order valence-electron chi connectivity index (χ4n) is 4.02. The Labute approximate surface area is 159 Å². The van der Waals surface area contributed by atoms with Crippen LogP contribution in [0.4, 0.5) is 5.69 Å². The summed E-state index contributed by atoms with van der Waals surface area (Å²) in [6.07, 6.45) is 2.49. The summed E-state index contributed by atoms with van der Waals surface area (Å²) in [4.78, 5) is 19.5. The topological polar surface area (TPSA) is 72.3 Å². The molecule has 1 amide bonds. The first-order valence-electron chi connectivity index (χ1n) is 9.76. The second kappa shape index (κ2) is 7.78. The zero-order valence-electron chi connectivity index (χ0n) is 16.0. The maximum Gasteiger partial charge on any atom is 0.225 e. The largest absolute Gasteiger partial charge is 0.374 e. The third-order valence-corrected chi connectivity index (χ3v) is 5.48. The normalized spacial score (nSPS) is 21.1. The number of likely N-dealkylation sites (tertiary alicyclic amines) is 1. The van der Waals surface area contributed by atoms with Gasteiger partial charge < -0.3 is 15.0 Å². The first-order chi connectivity index (χ1) is 13.2. The average Bonchev–Trinajstić information content (AvgIpc) is 3.10. The smallest absolute Gasteiger partial charge is 0.225 e. The number of fused-ring (bicyclic) bond motifs is 1. The van der Waals surface area contributed by atoms with Crippen molar-refractivity contribution < 1.29 is 9.53 Å². The van der Waals surface area contributed by atoms with Crippen LogP contribution in [0.3, 0.4) is 0 Å². The van der Waals surface area contributed by atoms with Crippen LogP contribution in [-0.4, -0.2) is 52.3 Å². The van der Waals surface area contributed by atoms with Gasteiger partial charge in [0.25, 0.3) is 0 Å². The monoisotopic (exact) mass is 369 g/mol. The number of amides is 1. The highest BCUT2D eigenvalue weighted by Gasteiger charge is 2.33. The van der Waals surface area contributed by atoms with Gasteiger partial charge in [-0.3, -0.25) is 4.79 Å². The zero-order chi connectivity index (χ0) is 18.8. The summed E-state index contributed by atoms with van der Waals surface area (Å²) in [5, 5.41) is 7.78. The van der Waals surface area contributed by atoms with Crippen LogP contribution in [-0.2, 0) is 16.1 Å². The number of carbonyl (C=O) groups excluding carboxylic acids is 1. The summed E-state index contributed by atoms with van der Waals surface area (Å²) in [5.74, 6) is 1.55. The molecule has 1 fully saturated rings. The molecule has 0 bridgehead atoms. The Bertz CT molecular complexity index is 810. The van der Waals surface area contributed by atoms with E-state index in [1.165, 1.54) is 0 Å². The van der Waals surface area contributed by atoms with Crippen molar-refractivity contribution in [2.45, 2.75) is 44.8 Å². The van der Waals surface area contributed by atoms with Gasteiger partial charge in [-0.1, -0.05) is 18.2 Å². The summed E-state index contributed by atoms with van der Waals surface area (Å²) in [6.45, 7) is 5.10. The van der Waals surface area contributed by atoms with Crippen molar-refractivity contribution in [3.8, 4) is 0 Å². The lowest BCUT2D eigenvalue weighted by molar-refractivity contribution is -0.116. The SMILES string of the molecule is CCOCc1nc([C@H]2CC(=O)Nc3ccccc32)n(C2CCN(C)CC2)n1. The van der Waals surface area contributed by atoms with Crippen molar-refractivity contribution >= 4 is 11.6 Å². The summed E-state index contributed by atoms with van der Waals surface area (Å²) in [6, 6.07) is 8.31. The molecule has 0 spiro atoms. The number of nitrogens with one attached hydrogen (secondary N) is 1. The van der Waals surface area contributed by atoms with Crippen molar-refractivity contribution in [2.75, 3.05) is 32.1 Å². The minimum absolute atomic E-state index is 0.0305. The maximum atomic E-state index is 12.3. The van der Waals surface area contributed by atoms with E-state index in [1.54, 1.807) is 0 Å². The van der Waals surface area contributed by atoms with Gasteiger partial charge in [0.2, 0.25) is 5.91 Å². The number of carbonyl (C=O) groups is 1. The quantitative estimate of drug-likeness (QED) is 0.877. The number of nitrogens with zero attached hydrogens (tertiary/aromatic N) is 4. The Morgan fingerprint density at radius 3 is 2.81 bits per heavy atom. The highest BCUT2D eigenvalue weighted by atomic mass is 16.5. The maximum absolute atomic E-state index is 12.3. The number of anilines is 1. The molecule has 0 radical (unpaired) electrons. The molecule has 7 nitrogen and oxygen atoms in total. The molecule has 2 aliphatic rings. The molecule has 1 saturated heterocycles. The van der Waals surface area contributed by atoms with Crippen LogP contribution in [0.2, 0.25) is 0 Å². The highest BCUT2D eigenvalue weighted by Crippen LogP contribution is 2.37. The molecule has 4 rings (SSSR count). The predicted octanol–water partition coefficient (Wildman–Crippen LogP) is 2.56. The third-order valence-electron chi connectivity index (χ3n) is 5.48. The van der Waals surface area contributed by atoms with Crippen molar-refractivity contribution in [3.05, 3.63) is 41.5 Å². The van der Waals surface area contributed by atoms with Crippen LogP contribution in [0.1, 0.15) is 55.4 Å². The molecule has 0 unspecified atom stereocenters. The van der Waals surface area contributed by atoms with E-state index in [2.05, 4.69) is 28.0 Å². The summed E-state index contributed by atoms with van der Waals surface area (Å²) < 4.78 is 7.63. The predicted molar refractivity (Wildman–Crippen MR) is 103 cm³/mol. The highest BCUT2D eigenvalue weighted by molar-refractivity contribution is 5.95. The van der Waals surface area contributed by atoms with E-state index in [9.17, 15) is 4.79 Å². The van der Waals surface area contributed by atoms with E-state index in [1.807, 2.05) is 25.1 Å². The Morgan fingerprint density at radius 2 is 2.04 bits per heavy atom. The van der Waals surface area contributed by atoms with Gasteiger partial charge in [-0.05, 0) is 51.5 Å². The molecular weight excluding hydrogens is 342 g/mol. The number of ether oxygens (including phenoxy) is 1. The molecule has 1 aromatic carbocycles. The van der Waals surface area contributed by atoms with Crippen molar-refractivity contribution in [1.29, 1.82) is 0 Å². The molecule has 2 aliphatic heterocycles. The lowest BCUT2D eigenvalue weighted by Gasteiger charge is -2.31. The Balaban J connectivity index is 1.72.